The first kappa shape index (κ1) is 45.2. The fourth-order valence-electron chi connectivity index (χ4n) is 6.38. The number of ether oxygens (including phenoxy) is 9. The van der Waals surface area contributed by atoms with E-state index in [4.69, 9.17) is 42.6 Å². The van der Waals surface area contributed by atoms with Crippen molar-refractivity contribution in [2.75, 3.05) is 112 Å². The minimum Gasteiger partial charge on any atom is -0.491 e. The molecule has 1 aliphatic carbocycles. The Morgan fingerprint density at radius 2 is 0.964 bits per heavy atom. The predicted molar refractivity (Wildman–Crippen MR) is 218 cm³/mol. The Labute approximate surface area is 334 Å². The van der Waals surface area contributed by atoms with Gasteiger partial charge < -0.3 is 47.9 Å². The second-order valence-electron chi connectivity index (χ2n) is 13.5. The predicted octanol–water partition coefficient (Wildman–Crippen LogP) is 7.62. The van der Waals surface area contributed by atoms with Crippen LogP contribution < -0.4 is 10.1 Å². The van der Waals surface area contributed by atoms with Gasteiger partial charge in [-0.3, -0.25) is 0 Å². The zero-order valence-corrected chi connectivity index (χ0v) is 33.6. The topological polar surface area (TPSA) is 112 Å². The molecule has 1 N–H and O–H groups in total. The number of nitrogens with one attached hydrogen (secondary N) is 1. The van der Waals surface area contributed by atoms with Crippen LogP contribution in [0.25, 0.3) is 11.1 Å². The molecule has 56 heavy (non-hydrogen) atoms. The van der Waals surface area contributed by atoms with Crippen LogP contribution in [-0.4, -0.2) is 118 Å². The Balaban J connectivity index is 0.815. The number of unbranched alkanes of at least 4 members (excludes halogenated alkanes) is 5. The van der Waals surface area contributed by atoms with Gasteiger partial charge in [0.25, 0.3) is 0 Å². The number of amides is 1. The number of rotatable bonds is 34. The molecule has 0 saturated carbocycles. The first-order valence-electron chi connectivity index (χ1n) is 20.6. The summed E-state index contributed by atoms with van der Waals surface area (Å²) in [6, 6.07) is 25.0. The molecule has 0 aromatic heterocycles. The van der Waals surface area contributed by atoms with Gasteiger partial charge in [0.1, 0.15) is 19.0 Å². The lowest BCUT2D eigenvalue weighted by Gasteiger charge is -2.14. The molecule has 0 saturated heterocycles. The Morgan fingerprint density at radius 1 is 0.518 bits per heavy atom. The van der Waals surface area contributed by atoms with Crippen molar-refractivity contribution < 1.29 is 47.4 Å². The quantitative estimate of drug-likeness (QED) is 0.0608. The van der Waals surface area contributed by atoms with Crippen LogP contribution in [0, 0.1) is 0 Å². The number of fused-ring (bicyclic) bond motifs is 3. The van der Waals surface area contributed by atoms with Crippen LogP contribution in [-0.2, 0) is 44.3 Å². The molecular weight excluding hydrogens is 714 g/mol. The lowest BCUT2D eigenvalue weighted by Crippen LogP contribution is -2.29. The molecule has 0 fully saturated rings. The van der Waals surface area contributed by atoms with Gasteiger partial charge >= 0.3 is 6.09 Å². The summed E-state index contributed by atoms with van der Waals surface area (Å²) >= 11 is 0. The van der Waals surface area contributed by atoms with Gasteiger partial charge in [0.2, 0.25) is 0 Å². The van der Waals surface area contributed by atoms with Crippen LogP contribution in [0.3, 0.4) is 0 Å². The summed E-state index contributed by atoms with van der Waals surface area (Å²) in [7, 11) is 0. The lowest BCUT2D eigenvalue weighted by molar-refractivity contribution is -0.0211. The van der Waals surface area contributed by atoms with E-state index in [-0.39, 0.29) is 5.92 Å². The number of alkyl carbamates (subject to hydrolysis) is 1. The first-order chi connectivity index (χ1) is 27.8. The molecule has 0 radical (unpaired) electrons. The summed E-state index contributed by atoms with van der Waals surface area (Å²) in [4.78, 5) is 12.3. The Morgan fingerprint density at radius 3 is 1.48 bits per heavy atom. The molecule has 0 atom stereocenters. The van der Waals surface area contributed by atoms with Crippen molar-refractivity contribution in [3.8, 4) is 16.9 Å². The fraction of sp³-hybridized carbons (Fsp3) is 0.578. The summed E-state index contributed by atoms with van der Waals surface area (Å²) in [5, 5.41) is 2.75. The fourth-order valence-corrected chi connectivity index (χ4v) is 6.38. The Kier molecular flexibility index (Phi) is 23.9. The highest BCUT2D eigenvalue weighted by Gasteiger charge is 2.28. The van der Waals surface area contributed by atoms with Crippen molar-refractivity contribution >= 4 is 6.09 Å². The number of benzene rings is 3. The monoisotopic (exact) mass is 779 g/mol. The SMILES string of the molecule is CCCCCCCCc1ccc(OCCOCCOCCOCCOCCOCCOCCOCCNC(=O)OCC2c3ccccc3-c3ccccc32)cc1. The van der Waals surface area contributed by atoms with Gasteiger partial charge in [-0.25, -0.2) is 4.79 Å². The molecule has 0 aliphatic heterocycles. The van der Waals surface area contributed by atoms with Crippen molar-refractivity contribution in [3.05, 3.63) is 89.5 Å². The second-order valence-corrected chi connectivity index (χ2v) is 13.5. The summed E-state index contributed by atoms with van der Waals surface area (Å²) in [6.45, 7) is 10.2. The van der Waals surface area contributed by atoms with Crippen LogP contribution >= 0.6 is 0 Å². The van der Waals surface area contributed by atoms with E-state index < -0.39 is 6.09 Å². The average molecular weight is 780 g/mol. The van der Waals surface area contributed by atoms with Crippen molar-refractivity contribution in [2.45, 2.75) is 57.8 Å². The maximum atomic E-state index is 12.3. The Hall–Kier alpha value is -3.55. The molecule has 0 spiro atoms. The number of carbonyl (C=O) groups is 1. The van der Waals surface area contributed by atoms with Crippen LogP contribution in [0.5, 0.6) is 5.75 Å². The van der Waals surface area contributed by atoms with Gasteiger partial charge in [-0.2, -0.15) is 0 Å². The number of carbonyl (C=O) groups excluding carboxylic acids is 1. The van der Waals surface area contributed by atoms with E-state index in [1.165, 1.54) is 66.3 Å². The minimum absolute atomic E-state index is 0.0397. The standard InChI is InChI=1S/C45H65NO10/c1-2-3-4-5-6-7-12-38-17-19-39(20-18-38)55-36-35-54-34-33-53-32-31-52-30-29-51-28-27-50-26-25-49-24-23-48-22-21-46-45(47)56-37-44-42-15-10-8-13-40(42)41-14-9-11-16-43(41)44/h8-11,13-20,44H,2-7,12,21-37H2,1H3,(H,46,47). The number of hydrogen-bond donors (Lipinski definition) is 1. The molecule has 0 heterocycles. The molecule has 11 nitrogen and oxygen atoms in total. The van der Waals surface area contributed by atoms with E-state index in [0.29, 0.717) is 112 Å². The van der Waals surface area contributed by atoms with Crippen LogP contribution in [0.4, 0.5) is 4.79 Å². The van der Waals surface area contributed by atoms with Gasteiger partial charge in [0.05, 0.1) is 92.5 Å². The molecule has 3 aromatic rings. The third-order valence-electron chi connectivity index (χ3n) is 9.33. The molecule has 3 aromatic carbocycles. The zero-order chi connectivity index (χ0) is 39.1. The zero-order valence-electron chi connectivity index (χ0n) is 33.6. The van der Waals surface area contributed by atoms with Gasteiger partial charge in [-0.05, 0) is 52.8 Å². The van der Waals surface area contributed by atoms with Crippen LogP contribution in [0.1, 0.15) is 68.1 Å². The van der Waals surface area contributed by atoms with Gasteiger partial charge in [0, 0.05) is 12.5 Å². The normalized spacial score (nSPS) is 12.1. The molecule has 1 amide bonds. The molecule has 4 rings (SSSR count). The van der Waals surface area contributed by atoms with E-state index in [1.807, 2.05) is 36.4 Å². The molecule has 310 valence electrons. The van der Waals surface area contributed by atoms with E-state index in [2.05, 4.69) is 48.6 Å². The molecule has 0 bridgehead atoms. The maximum absolute atomic E-state index is 12.3. The smallest absolute Gasteiger partial charge is 0.407 e. The minimum atomic E-state index is -0.448. The lowest BCUT2D eigenvalue weighted by atomic mass is 9.98. The third kappa shape index (κ3) is 18.6. The first-order valence-corrected chi connectivity index (χ1v) is 20.6. The van der Waals surface area contributed by atoms with Gasteiger partial charge in [0.15, 0.2) is 0 Å². The summed E-state index contributed by atoms with van der Waals surface area (Å²) in [5.41, 5.74) is 6.16. The largest absolute Gasteiger partial charge is 0.491 e. The molecule has 0 unspecified atom stereocenters. The van der Waals surface area contributed by atoms with E-state index in [9.17, 15) is 4.79 Å². The highest BCUT2D eigenvalue weighted by Crippen LogP contribution is 2.44. The van der Waals surface area contributed by atoms with Crippen molar-refractivity contribution in [2.24, 2.45) is 0 Å². The highest BCUT2D eigenvalue weighted by molar-refractivity contribution is 5.79. The summed E-state index contributed by atoms with van der Waals surface area (Å²) < 4.78 is 50.1. The average Bonchev–Trinajstić information content (AvgIpc) is 3.55. The summed E-state index contributed by atoms with van der Waals surface area (Å²) in [5.74, 6) is 0.921. The van der Waals surface area contributed by atoms with Crippen molar-refractivity contribution in [1.29, 1.82) is 0 Å². The third-order valence-corrected chi connectivity index (χ3v) is 9.33. The van der Waals surface area contributed by atoms with Crippen molar-refractivity contribution in [3.63, 3.8) is 0 Å². The molecule has 11 heteroatoms. The number of hydrogen-bond acceptors (Lipinski definition) is 10. The molecular formula is C45H65NO10. The van der Waals surface area contributed by atoms with Crippen LogP contribution in [0.15, 0.2) is 72.8 Å². The van der Waals surface area contributed by atoms with Crippen LogP contribution in [0.2, 0.25) is 0 Å². The summed E-state index contributed by atoms with van der Waals surface area (Å²) in [6.07, 6.45) is 8.62. The van der Waals surface area contributed by atoms with Gasteiger partial charge in [-0.15, -0.1) is 0 Å². The molecule has 1 aliphatic rings. The van der Waals surface area contributed by atoms with E-state index in [0.717, 1.165) is 12.2 Å². The maximum Gasteiger partial charge on any atom is 0.407 e. The number of aryl methyl sites for hydroxylation is 1. The van der Waals surface area contributed by atoms with Crippen molar-refractivity contribution in [1.82, 2.24) is 5.32 Å². The van der Waals surface area contributed by atoms with Gasteiger partial charge in [-0.1, -0.05) is 99.7 Å². The highest BCUT2D eigenvalue weighted by atomic mass is 16.6. The van der Waals surface area contributed by atoms with E-state index in [1.54, 1.807) is 0 Å². The second kappa shape index (κ2) is 29.7. The Bertz CT molecular complexity index is 1390. The van der Waals surface area contributed by atoms with E-state index >= 15 is 0 Å².